The van der Waals surface area contributed by atoms with Crippen molar-refractivity contribution in [3.8, 4) is 12.1 Å². The first-order chi connectivity index (χ1) is 30.5. The third kappa shape index (κ3) is 10.6. The maximum Gasteiger partial charge on any atom is 0.221 e. The molecule has 320 valence electrons. The molecule has 2 N–H and O–H groups in total. The van der Waals surface area contributed by atoms with Crippen LogP contribution < -0.4 is 5.73 Å². The van der Waals surface area contributed by atoms with Gasteiger partial charge in [0.05, 0.1) is 22.9 Å². The van der Waals surface area contributed by atoms with Crippen LogP contribution in [0.2, 0.25) is 0 Å². The number of halogens is 3. The number of hydrogen-bond donors (Lipinski definition) is 1. The molecular weight excluding hydrogens is 816 g/mol. The van der Waals surface area contributed by atoms with Gasteiger partial charge in [-0.3, -0.25) is 19.6 Å². The number of aromatic nitrogens is 4. The van der Waals surface area contributed by atoms with Crippen LogP contribution in [0, 0.1) is 69.8 Å². The van der Waals surface area contributed by atoms with Gasteiger partial charge < -0.3 is 5.73 Å². The van der Waals surface area contributed by atoms with E-state index < -0.39 is 0 Å². The van der Waals surface area contributed by atoms with E-state index in [0.29, 0.717) is 83.7 Å². The van der Waals surface area contributed by atoms with Crippen LogP contribution in [0.4, 0.5) is 14.5 Å². The fourth-order valence-corrected chi connectivity index (χ4v) is 11.5. The molecule has 4 fully saturated rings. The molecule has 4 saturated carbocycles. The van der Waals surface area contributed by atoms with Crippen LogP contribution >= 0.6 is 11.6 Å². The molecule has 0 radical (unpaired) electrons. The SMILES string of the molecule is N#Cc1ccc(CC(=O)CC2C[C@@H]3CC(c4ccnc5ccc(F)cc45)C[C@@H]3C2)cn1.N#Cc1ccc(N)cn1.O=C(Cl)CC1C[C@@H]2CC(c3ccnc4ccc(F)cc34)C[C@@H]2C1. The molecule has 0 saturated heterocycles. The Kier molecular flexibility index (Phi) is 13.4. The Bertz CT molecular complexity index is 2670. The van der Waals surface area contributed by atoms with E-state index in [0.717, 1.165) is 78.7 Å². The number of anilines is 1. The van der Waals surface area contributed by atoms with Gasteiger partial charge in [-0.15, -0.1) is 0 Å². The molecule has 12 heteroatoms. The highest BCUT2D eigenvalue weighted by Crippen LogP contribution is 2.55. The molecule has 63 heavy (non-hydrogen) atoms. The predicted molar refractivity (Wildman–Crippen MR) is 238 cm³/mol. The number of carbonyl (C=O) groups is 2. The zero-order valence-corrected chi connectivity index (χ0v) is 35.6. The van der Waals surface area contributed by atoms with Gasteiger partial charge in [0, 0.05) is 48.6 Å². The summed E-state index contributed by atoms with van der Waals surface area (Å²) >= 11 is 5.54. The number of nitrogens with two attached hydrogens (primary N) is 1. The molecule has 4 heterocycles. The van der Waals surface area contributed by atoms with Crippen molar-refractivity contribution in [3.63, 3.8) is 0 Å². The standard InChI is InChI=1S/C26H24FN3O.C19H19ClFNO.C6H5N3/c27-21-2-4-26-25(13-21)24(5-6-29-26)20-11-18-7-17(8-19(18)12-20)10-23(31)9-16-1-3-22(14-28)30-15-16;20-19(23)7-11-5-12-8-14(9-13(12)6-11)16-3-4-22-18-2-1-15(21)10-17(16)18;7-3-6-2-1-5(8)4-9-6/h1-6,13,15,17-20H,7-12H2;1-4,10-14H,5-9H2;1-2,4H,8H2/t17?,18-,19+,20?;11?,12-,13+,14?;. The van der Waals surface area contributed by atoms with E-state index in [1.165, 1.54) is 29.5 Å². The summed E-state index contributed by atoms with van der Waals surface area (Å²) in [6, 6.07) is 24.4. The Labute approximate surface area is 370 Å². The smallest absolute Gasteiger partial charge is 0.221 e. The van der Waals surface area contributed by atoms with Crippen LogP contribution in [0.5, 0.6) is 0 Å². The maximum atomic E-state index is 13.8. The number of nitrogens with zero attached hydrogens (tertiary/aromatic N) is 6. The highest BCUT2D eigenvalue weighted by atomic mass is 35.5. The van der Waals surface area contributed by atoms with Gasteiger partial charge in [-0.05, 0) is 194 Å². The minimum absolute atomic E-state index is 0.203. The highest BCUT2D eigenvalue weighted by Gasteiger charge is 2.44. The second-order valence-electron chi connectivity index (χ2n) is 17.9. The summed E-state index contributed by atoms with van der Waals surface area (Å²) in [5.74, 6) is 4.34. The van der Waals surface area contributed by atoms with E-state index in [2.05, 4.69) is 26.0 Å². The maximum absolute atomic E-state index is 13.8. The van der Waals surface area contributed by atoms with Crippen LogP contribution in [-0.4, -0.2) is 31.0 Å². The number of carbonyl (C=O) groups excluding carboxylic acids is 2. The molecule has 0 aliphatic heterocycles. The van der Waals surface area contributed by atoms with Gasteiger partial charge in [0.25, 0.3) is 0 Å². The molecule has 4 aliphatic carbocycles. The topological polar surface area (TPSA) is 159 Å². The molecule has 0 amide bonds. The van der Waals surface area contributed by atoms with Gasteiger partial charge in [0.2, 0.25) is 5.24 Å². The molecule has 8 atom stereocenters. The lowest BCUT2D eigenvalue weighted by molar-refractivity contribution is -0.119. The molecule has 4 aliphatic rings. The Morgan fingerprint density at radius 3 is 1.52 bits per heavy atom. The number of ketones is 1. The number of Topliss-reactive ketones (excluding diaryl/α,β-unsaturated/α-hetero) is 1. The van der Waals surface area contributed by atoms with Gasteiger partial charge in [0.15, 0.2) is 0 Å². The van der Waals surface area contributed by atoms with Crippen molar-refractivity contribution in [3.05, 3.63) is 137 Å². The summed E-state index contributed by atoms with van der Waals surface area (Å²) in [5, 5.41) is 18.8. The molecular formula is C51H48ClF2N7O2. The zero-order chi connectivity index (χ0) is 44.0. The number of hydrogen-bond acceptors (Lipinski definition) is 9. The van der Waals surface area contributed by atoms with Gasteiger partial charge in [-0.2, -0.15) is 10.5 Å². The van der Waals surface area contributed by atoms with Crippen molar-refractivity contribution < 1.29 is 18.4 Å². The lowest BCUT2D eigenvalue weighted by Gasteiger charge is -2.16. The first-order valence-corrected chi connectivity index (χ1v) is 22.1. The Morgan fingerprint density at radius 2 is 1.10 bits per heavy atom. The van der Waals surface area contributed by atoms with Crippen LogP contribution in [0.25, 0.3) is 21.8 Å². The van der Waals surface area contributed by atoms with Crippen LogP contribution in [0.3, 0.4) is 0 Å². The molecule has 10 rings (SSSR count). The molecule has 9 nitrogen and oxygen atoms in total. The molecule has 6 aromatic rings. The lowest BCUT2D eigenvalue weighted by Crippen LogP contribution is -2.10. The number of pyridine rings is 4. The number of nitriles is 2. The van der Waals surface area contributed by atoms with Crippen molar-refractivity contribution in [2.24, 2.45) is 35.5 Å². The van der Waals surface area contributed by atoms with E-state index in [1.807, 2.05) is 36.7 Å². The second-order valence-corrected chi connectivity index (χ2v) is 18.3. The summed E-state index contributed by atoms with van der Waals surface area (Å²) in [7, 11) is 0. The molecule has 4 aromatic heterocycles. The predicted octanol–water partition coefficient (Wildman–Crippen LogP) is 10.9. The highest BCUT2D eigenvalue weighted by molar-refractivity contribution is 6.63. The average Bonchev–Trinajstić information content (AvgIpc) is 4.05. The minimum atomic E-state index is -0.212. The van der Waals surface area contributed by atoms with Crippen LogP contribution in [0.15, 0.2) is 97.6 Å². The van der Waals surface area contributed by atoms with Crippen molar-refractivity contribution in [1.82, 2.24) is 19.9 Å². The summed E-state index contributed by atoms with van der Waals surface area (Å²) in [5.41, 5.74) is 11.7. The minimum Gasteiger partial charge on any atom is -0.397 e. The first kappa shape index (κ1) is 43.5. The monoisotopic (exact) mass is 863 g/mol. The lowest BCUT2D eigenvalue weighted by atomic mass is 9.89. The summed E-state index contributed by atoms with van der Waals surface area (Å²) in [6.07, 6.45) is 17.2. The van der Waals surface area contributed by atoms with E-state index >= 15 is 0 Å². The number of rotatable bonds is 8. The third-order valence-corrected chi connectivity index (χ3v) is 13.9. The van der Waals surface area contributed by atoms with Crippen molar-refractivity contribution in [2.45, 2.75) is 82.5 Å². The Morgan fingerprint density at radius 1 is 0.619 bits per heavy atom. The van der Waals surface area contributed by atoms with Crippen LogP contribution in [-0.2, 0) is 16.0 Å². The van der Waals surface area contributed by atoms with Crippen molar-refractivity contribution in [1.29, 1.82) is 10.5 Å². The quantitative estimate of drug-likeness (QED) is 0.147. The number of benzene rings is 2. The summed E-state index contributed by atoms with van der Waals surface area (Å²) < 4.78 is 27.5. The summed E-state index contributed by atoms with van der Waals surface area (Å²) in [4.78, 5) is 40.2. The molecule has 4 unspecified atom stereocenters. The van der Waals surface area contributed by atoms with Gasteiger partial charge in [-0.1, -0.05) is 6.07 Å². The average molecular weight is 864 g/mol. The Hall–Kier alpha value is -6.17. The second kappa shape index (κ2) is 19.5. The normalized spacial score (nSPS) is 24.3. The number of nitrogen functional groups attached to an aromatic ring is 1. The van der Waals surface area contributed by atoms with Gasteiger partial charge >= 0.3 is 0 Å². The van der Waals surface area contributed by atoms with E-state index in [-0.39, 0.29) is 22.7 Å². The van der Waals surface area contributed by atoms with Gasteiger partial charge in [0.1, 0.15) is 40.9 Å². The molecule has 0 bridgehead atoms. The van der Waals surface area contributed by atoms with Crippen LogP contribution in [0.1, 0.15) is 104 Å². The molecule has 2 aromatic carbocycles. The fourth-order valence-electron chi connectivity index (χ4n) is 11.2. The zero-order valence-electron chi connectivity index (χ0n) is 34.8. The number of fused-ring (bicyclic) bond motifs is 4. The van der Waals surface area contributed by atoms with E-state index in [1.54, 1.807) is 48.7 Å². The van der Waals surface area contributed by atoms with Gasteiger partial charge in [-0.25, -0.2) is 18.7 Å². The van der Waals surface area contributed by atoms with E-state index in [4.69, 9.17) is 27.9 Å². The third-order valence-electron chi connectivity index (χ3n) is 13.8. The summed E-state index contributed by atoms with van der Waals surface area (Å²) in [6.45, 7) is 0. The molecule has 0 spiro atoms. The fraction of sp³-hybridized carbons (Fsp3) is 0.373. The first-order valence-electron chi connectivity index (χ1n) is 21.8. The Balaban J connectivity index is 0.000000149. The van der Waals surface area contributed by atoms with E-state index in [9.17, 15) is 18.4 Å². The van der Waals surface area contributed by atoms with Crippen molar-refractivity contribution >= 4 is 50.1 Å². The van der Waals surface area contributed by atoms with Crippen molar-refractivity contribution in [2.75, 3.05) is 5.73 Å². The largest absolute Gasteiger partial charge is 0.397 e.